The lowest BCUT2D eigenvalue weighted by Crippen LogP contribution is -2.10. The monoisotopic (exact) mass is 703 g/mol. The third kappa shape index (κ3) is 5.13. The van der Waals surface area contributed by atoms with Gasteiger partial charge in [-0.15, -0.1) is 0 Å². The lowest BCUT2D eigenvalue weighted by atomic mass is 9.99. The highest BCUT2D eigenvalue weighted by atomic mass is 16.3. The summed E-state index contributed by atoms with van der Waals surface area (Å²) in [6.07, 6.45) is 0. The molecule has 55 heavy (non-hydrogen) atoms. The highest BCUT2D eigenvalue weighted by molar-refractivity contribution is 6.34. The van der Waals surface area contributed by atoms with Crippen LogP contribution in [0.2, 0.25) is 0 Å². The molecule has 0 spiro atoms. The van der Waals surface area contributed by atoms with Crippen LogP contribution in [-0.2, 0) is 0 Å². The minimum Gasteiger partial charge on any atom is -0.455 e. The van der Waals surface area contributed by atoms with Crippen molar-refractivity contribution in [2.45, 2.75) is 0 Å². The van der Waals surface area contributed by atoms with Gasteiger partial charge in [0.25, 0.3) is 0 Å². The highest BCUT2D eigenvalue weighted by Crippen LogP contribution is 2.48. The van der Waals surface area contributed by atoms with Crippen LogP contribution >= 0.6 is 0 Å². The second kappa shape index (κ2) is 12.6. The molecule has 0 fully saturated rings. The Morgan fingerprint density at radius 2 is 0.727 bits per heavy atom. The molecular weight excluding hydrogens is 671 g/mol. The first-order chi connectivity index (χ1) is 27.3. The van der Waals surface area contributed by atoms with Crippen LogP contribution in [0.25, 0.3) is 88.0 Å². The van der Waals surface area contributed by atoms with Gasteiger partial charge < -0.3 is 13.7 Å². The maximum atomic E-state index is 7.06. The Labute approximate surface area is 317 Å². The van der Waals surface area contributed by atoms with Crippen molar-refractivity contribution in [2.75, 3.05) is 4.90 Å². The number of benzene rings is 9. The molecule has 11 aromatic rings. The Bertz CT molecular complexity index is 3160. The molecule has 0 bridgehead atoms. The van der Waals surface area contributed by atoms with Gasteiger partial charge in [0, 0.05) is 32.9 Å². The van der Waals surface area contributed by atoms with Crippen LogP contribution in [0.5, 0.6) is 0 Å². The van der Waals surface area contributed by atoms with E-state index < -0.39 is 0 Å². The first kappa shape index (κ1) is 31.2. The summed E-state index contributed by atoms with van der Waals surface area (Å²) in [5, 5.41) is 6.43. The predicted octanol–water partition coefficient (Wildman–Crippen LogP) is 15.1. The number of para-hydroxylation sites is 2. The van der Waals surface area contributed by atoms with E-state index in [0.29, 0.717) is 0 Å². The molecule has 0 radical (unpaired) electrons. The van der Waals surface area contributed by atoms with E-state index >= 15 is 0 Å². The van der Waals surface area contributed by atoms with Crippen molar-refractivity contribution in [3.05, 3.63) is 200 Å². The van der Waals surface area contributed by atoms with Gasteiger partial charge in [0.05, 0.1) is 11.1 Å². The molecule has 2 heterocycles. The molecule has 9 aromatic carbocycles. The summed E-state index contributed by atoms with van der Waals surface area (Å²) in [6, 6.07) is 70.7. The normalized spacial score (nSPS) is 11.6. The van der Waals surface area contributed by atoms with Gasteiger partial charge in [-0.05, 0) is 75.2 Å². The zero-order valence-corrected chi connectivity index (χ0v) is 29.8. The van der Waals surface area contributed by atoms with Crippen LogP contribution in [0.3, 0.4) is 0 Å². The molecule has 0 aliphatic rings. The smallest absolute Gasteiger partial charge is 0.159 e. The Hall–Kier alpha value is -7.36. The molecule has 0 saturated carbocycles. The van der Waals surface area contributed by atoms with Gasteiger partial charge in [-0.25, -0.2) is 0 Å². The largest absolute Gasteiger partial charge is 0.455 e. The zero-order valence-electron chi connectivity index (χ0n) is 29.8. The summed E-state index contributed by atoms with van der Waals surface area (Å²) in [5.41, 5.74) is 13.5. The molecule has 0 unspecified atom stereocenters. The maximum absolute atomic E-state index is 7.06. The van der Waals surface area contributed by atoms with Crippen molar-refractivity contribution in [1.29, 1.82) is 0 Å². The fraction of sp³-hybridized carbons (Fsp3) is 0. The number of furan rings is 2. The number of fused-ring (bicyclic) bond motifs is 10. The molecule has 3 nitrogen and oxygen atoms in total. The van der Waals surface area contributed by atoms with E-state index in [1.54, 1.807) is 0 Å². The molecule has 0 aliphatic carbocycles. The van der Waals surface area contributed by atoms with Crippen molar-refractivity contribution >= 4 is 71.7 Å². The predicted molar refractivity (Wildman–Crippen MR) is 229 cm³/mol. The van der Waals surface area contributed by atoms with E-state index in [0.717, 1.165) is 77.3 Å². The summed E-state index contributed by atoms with van der Waals surface area (Å²) in [7, 11) is 0. The van der Waals surface area contributed by atoms with E-state index in [1.165, 1.54) is 27.8 Å². The van der Waals surface area contributed by atoms with E-state index in [1.807, 2.05) is 12.1 Å². The van der Waals surface area contributed by atoms with Gasteiger partial charge in [0.2, 0.25) is 0 Å². The third-order valence-corrected chi connectivity index (χ3v) is 10.9. The lowest BCUT2D eigenvalue weighted by molar-refractivity contribution is 0.665. The molecule has 2 aromatic heterocycles. The second-order valence-electron chi connectivity index (χ2n) is 14.0. The van der Waals surface area contributed by atoms with E-state index in [2.05, 4.69) is 193 Å². The van der Waals surface area contributed by atoms with E-state index in [4.69, 9.17) is 8.83 Å². The summed E-state index contributed by atoms with van der Waals surface area (Å²) in [4.78, 5) is 2.31. The second-order valence-corrected chi connectivity index (χ2v) is 14.0. The number of anilines is 3. The zero-order chi connectivity index (χ0) is 36.3. The summed E-state index contributed by atoms with van der Waals surface area (Å²) in [6.45, 7) is 0. The standard InChI is InChI=1S/C52H33NO2/c1-3-12-34(13-4-1)36-22-24-37(25-23-36)39-28-32-41(33-29-39)53(40-30-26-38(27-31-40)35-14-5-2-6-15-35)46-20-11-19-45-49-51(55-50(45)46)43-17-8-7-16-42(43)48-44-18-9-10-21-47(44)54-52(48)49/h1-33H. The van der Waals surface area contributed by atoms with Crippen molar-refractivity contribution in [3.63, 3.8) is 0 Å². The summed E-state index contributed by atoms with van der Waals surface area (Å²) < 4.78 is 13.7. The molecule has 0 aliphatic heterocycles. The Morgan fingerprint density at radius 3 is 1.31 bits per heavy atom. The van der Waals surface area contributed by atoms with Gasteiger partial charge in [-0.2, -0.15) is 0 Å². The first-order valence-corrected chi connectivity index (χ1v) is 18.7. The van der Waals surface area contributed by atoms with Crippen LogP contribution < -0.4 is 4.90 Å². The van der Waals surface area contributed by atoms with Gasteiger partial charge in [-0.3, -0.25) is 0 Å². The molecule has 11 rings (SSSR count). The number of hydrogen-bond acceptors (Lipinski definition) is 3. The van der Waals surface area contributed by atoms with E-state index in [-0.39, 0.29) is 0 Å². The first-order valence-electron chi connectivity index (χ1n) is 18.7. The van der Waals surface area contributed by atoms with Gasteiger partial charge in [0.15, 0.2) is 5.58 Å². The molecule has 0 N–H and O–H groups in total. The summed E-state index contributed by atoms with van der Waals surface area (Å²) >= 11 is 0. The van der Waals surface area contributed by atoms with Crippen molar-refractivity contribution < 1.29 is 8.83 Å². The minimum atomic E-state index is 0.809. The van der Waals surface area contributed by atoms with Crippen LogP contribution in [0.4, 0.5) is 17.1 Å². The third-order valence-electron chi connectivity index (χ3n) is 10.9. The van der Waals surface area contributed by atoms with Gasteiger partial charge >= 0.3 is 0 Å². The van der Waals surface area contributed by atoms with Crippen molar-refractivity contribution in [2.24, 2.45) is 0 Å². The molecule has 0 saturated heterocycles. The SMILES string of the molecule is c1ccc(-c2ccc(-c3ccc(N(c4ccc(-c5ccccc5)cc4)c4cccc5c4oc4c6ccccc6c6c7ccccc7oc6c54)cc3)cc2)cc1. The van der Waals surface area contributed by atoms with Crippen LogP contribution in [-0.4, -0.2) is 0 Å². The fourth-order valence-corrected chi connectivity index (χ4v) is 8.23. The Morgan fingerprint density at radius 1 is 0.273 bits per heavy atom. The number of hydrogen-bond donors (Lipinski definition) is 0. The Balaban J connectivity index is 1.09. The lowest BCUT2D eigenvalue weighted by Gasteiger charge is -2.26. The average Bonchev–Trinajstić information content (AvgIpc) is 3.85. The molecule has 3 heteroatoms. The molecule has 258 valence electrons. The number of rotatable bonds is 6. The van der Waals surface area contributed by atoms with Crippen molar-refractivity contribution in [1.82, 2.24) is 0 Å². The van der Waals surface area contributed by atoms with Crippen LogP contribution in [0, 0.1) is 0 Å². The molecule has 0 atom stereocenters. The number of nitrogens with zero attached hydrogens (tertiary/aromatic N) is 1. The fourth-order valence-electron chi connectivity index (χ4n) is 8.23. The topological polar surface area (TPSA) is 29.5 Å². The molecular formula is C52H33NO2. The van der Waals surface area contributed by atoms with Gasteiger partial charge in [0.1, 0.15) is 16.7 Å². The van der Waals surface area contributed by atoms with Gasteiger partial charge in [-0.1, -0.05) is 164 Å². The van der Waals surface area contributed by atoms with Crippen molar-refractivity contribution in [3.8, 4) is 33.4 Å². The highest BCUT2D eigenvalue weighted by Gasteiger charge is 2.24. The molecule has 0 amide bonds. The van der Waals surface area contributed by atoms with E-state index in [9.17, 15) is 0 Å². The maximum Gasteiger partial charge on any atom is 0.159 e. The van der Waals surface area contributed by atoms with Crippen LogP contribution in [0.1, 0.15) is 0 Å². The minimum absolute atomic E-state index is 0.809. The van der Waals surface area contributed by atoms with Crippen LogP contribution in [0.15, 0.2) is 209 Å². The summed E-state index contributed by atoms with van der Waals surface area (Å²) in [5.74, 6) is 0. The quantitative estimate of drug-likeness (QED) is 0.173. The Kier molecular flexibility index (Phi) is 7.17. The average molecular weight is 704 g/mol.